The van der Waals surface area contributed by atoms with Crippen LogP contribution in [0.3, 0.4) is 0 Å². The Labute approximate surface area is 221 Å². The Balaban J connectivity index is 1.29. The van der Waals surface area contributed by atoms with Gasteiger partial charge in [-0.3, -0.25) is 0 Å². The van der Waals surface area contributed by atoms with Gasteiger partial charge in [-0.2, -0.15) is 0 Å². The fourth-order valence-electron chi connectivity index (χ4n) is 12.6. The van der Waals surface area contributed by atoms with Crippen LogP contribution in [0.5, 0.6) is 0 Å². The Morgan fingerprint density at radius 2 is 1.03 bits per heavy atom. The van der Waals surface area contributed by atoms with Gasteiger partial charge in [0.15, 0.2) is 0 Å². The molecule has 10 rings (SSSR count). The third-order valence-corrected chi connectivity index (χ3v) is 16.3. The minimum Gasteiger partial charge on any atom is -0.363 e. The molecule has 8 aliphatic carbocycles. The van der Waals surface area contributed by atoms with E-state index in [1.165, 1.54) is 13.1 Å². The van der Waals surface area contributed by atoms with Crippen LogP contribution < -0.4 is 10.2 Å². The lowest BCUT2D eigenvalue weighted by Gasteiger charge is -2.68. The van der Waals surface area contributed by atoms with Gasteiger partial charge in [-0.1, -0.05) is 26.1 Å². The zero-order chi connectivity index (χ0) is 24.2. The summed E-state index contributed by atoms with van der Waals surface area (Å²) in [6, 6.07) is 11.3. The summed E-state index contributed by atoms with van der Waals surface area (Å²) in [5.74, 6) is 6.35. The molecule has 196 valence electrons. The molecular formula is C33H49N2P. The first-order chi connectivity index (χ1) is 17.4. The fourth-order valence-corrected chi connectivity index (χ4v) is 18.0. The minimum absolute atomic E-state index is 0.154. The Morgan fingerprint density at radius 3 is 1.44 bits per heavy atom. The topological polar surface area (TPSA) is 6.48 Å². The number of piperazine rings is 1. The maximum atomic E-state index is 2.89. The Bertz CT molecular complexity index is 890. The van der Waals surface area contributed by atoms with E-state index in [4.69, 9.17) is 0 Å². The Kier molecular flexibility index (Phi) is 5.31. The van der Waals surface area contributed by atoms with E-state index in [2.05, 4.69) is 55.0 Å². The van der Waals surface area contributed by atoms with Crippen molar-refractivity contribution in [3.63, 3.8) is 0 Å². The van der Waals surface area contributed by atoms with Crippen LogP contribution in [-0.4, -0.2) is 47.4 Å². The first-order valence-corrected chi connectivity index (χ1v) is 17.1. The second-order valence-corrected chi connectivity index (χ2v) is 18.5. The van der Waals surface area contributed by atoms with Crippen molar-refractivity contribution in [1.29, 1.82) is 0 Å². The van der Waals surface area contributed by atoms with Gasteiger partial charge in [0.25, 0.3) is 0 Å². The normalized spacial score (nSPS) is 50.1. The third-order valence-electron chi connectivity index (χ3n) is 12.5. The van der Waals surface area contributed by atoms with Gasteiger partial charge in [0.05, 0.1) is 0 Å². The molecule has 3 heteroatoms. The molecule has 36 heavy (non-hydrogen) atoms. The number of likely N-dealkylation sites (N-methyl/N-ethyl adjacent to an activating group) is 1. The van der Waals surface area contributed by atoms with E-state index in [9.17, 15) is 0 Å². The summed E-state index contributed by atoms with van der Waals surface area (Å²) in [7, 11) is 2.17. The van der Waals surface area contributed by atoms with E-state index < -0.39 is 0 Å². The zero-order valence-electron chi connectivity index (χ0n) is 23.2. The highest BCUT2D eigenvalue weighted by Crippen LogP contribution is 2.78. The summed E-state index contributed by atoms with van der Waals surface area (Å²) in [6.45, 7) is 7.40. The third kappa shape index (κ3) is 3.48. The molecule has 9 fully saturated rings. The number of anilines is 1. The van der Waals surface area contributed by atoms with Gasteiger partial charge in [0, 0.05) is 36.2 Å². The molecule has 2 nitrogen and oxygen atoms in total. The molecule has 1 heterocycles. The van der Waals surface area contributed by atoms with E-state index in [0.29, 0.717) is 22.4 Å². The zero-order valence-corrected chi connectivity index (χ0v) is 24.1. The van der Waals surface area contributed by atoms with E-state index in [0.717, 1.165) is 35.5 Å². The highest BCUT2D eigenvalue weighted by atomic mass is 31.1. The number of hydrogen-bond acceptors (Lipinski definition) is 2. The highest BCUT2D eigenvalue weighted by Gasteiger charge is 2.63. The van der Waals surface area contributed by atoms with Crippen LogP contribution >= 0.6 is 7.92 Å². The molecule has 1 aromatic rings. The summed E-state index contributed by atoms with van der Waals surface area (Å²) in [4.78, 5) is 5.46. The van der Waals surface area contributed by atoms with Gasteiger partial charge >= 0.3 is 0 Å². The molecule has 0 spiro atoms. The number of rotatable bonds is 4. The maximum Gasteiger partial charge on any atom is 0.0450 e. The molecule has 0 radical (unpaired) electrons. The van der Waals surface area contributed by atoms with Gasteiger partial charge < -0.3 is 9.80 Å². The van der Waals surface area contributed by atoms with Crippen LogP contribution in [0.4, 0.5) is 5.69 Å². The maximum absolute atomic E-state index is 2.89. The van der Waals surface area contributed by atoms with Crippen molar-refractivity contribution in [2.75, 3.05) is 25.0 Å². The average molecular weight is 505 g/mol. The lowest BCUT2D eigenvalue weighted by atomic mass is 9.55. The Hall–Kier alpha value is -0.590. The van der Waals surface area contributed by atoms with Crippen LogP contribution in [0.2, 0.25) is 0 Å². The summed E-state index contributed by atoms with van der Waals surface area (Å²) in [5, 5.41) is 3.19. The van der Waals surface area contributed by atoms with E-state index in [-0.39, 0.29) is 7.92 Å². The second-order valence-electron chi connectivity index (χ2n) is 15.4. The average Bonchev–Trinajstić information content (AvgIpc) is 2.77. The molecule has 1 saturated heterocycles. The monoisotopic (exact) mass is 504 g/mol. The van der Waals surface area contributed by atoms with Crippen LogP contribution in [0.25, 0.3) is 0 Å². The van der Waals surface area contributed by atoms with Gasteiger partial charge in [-0.05, 0) is 150 Å². The van der Waals surface area contributed by atoms with Crippen molar-refractivity contribution in [1.82, 2.24) is 4.90 Å². The number of hydrogen-bond donors (Lipinski definition) is 0. The summed E-state index contributed by atoms with van der Waals surface area (Å²) in [5.41, 5.74) is 1.67. The number of para-hydroxylation sites is 1. The predicted octanol–water partition coefficient (Wildman–Crippen LogP) is 7.26. The minimum atomic E-state index is -0.154. The molecule has 2 atom stereocenters. The molecular weight excluding hydrogens is 455 g/mol. The SMILES string of the molecule is CC1CN(C)CC(C)N1c1ccccc1P(C12CC3CC(CC(C3)C1)C2)C12CC3CC(CC(C3)C1)C2. The van der Waals surface area contributed by atoms with Crippen molar-refractivity contribution in [3.05, 3.63) is 24.3 Å². The van der Waals surface area contributed by atoms with Crippen molar-refractivity contribution in [2.24, 2.45) is 35.5 Å². The van der Waals surface area contributed by atoms with Crippen molar-refractivity contribution >= 4 is 18.9 Å². The number of benzene rings is 1. The first-order valence-electron chi connectivity index (χ1n) is 15.8. The molecule has 0 aromatic heterocycles. The lowest BCUT2D eigenvalue weighted by Crippen LogP contribution is -2.59. The van der Waals surface area contributed by atoms with E-state index >= 15 is 0 Å². The van der Waals surface area contributed by atoms with Crippen LogP contribution in [0.1, 0.15) is 90.9 Å². The van der Waals surface area contributed by atoms with Gasteiger partial charge in [-0.25, -0.2) is 0 Å². The summed E-state index contributed by atoms with van der Waals surface area (Å²) < 4.78 is 0. The largest absolute Gasteiger partial charge is 0.363 e. The Morgan fingerprint density at radius 1 is 0.639 bits per heavy atom. The van der Waals surface area contributed by atoms with Gasteiger partial charge in [-0.15, -0.1) is 0 Å². The fraction of sp³-hybridized carbons (Fsp3) is 0.818. The quantitative estimate of drug-likeness (QED) is 0.398. The van der Waals surface area contributed by atoms with Crippen LogP contribution in [-0.2, 0) is 0 Å². The van der Waals surface area contributed by atoms with Gasteiger partial charge in [0.2, 0.25) is 0 Å². The lowest BCUT2D eigenvalue weighted by molar-refractivity contribution is 0.0195. The van der Waals surface area contributed by atoms with E-state index in [1.54, 1.807) is 82.7 Å². The predicted molar refractivity (Wildman–Crippen MR) is 154 cm³/mol. The molecule has 1 aromatic carbocycles. The van der Waals surface area contributed by atoms with Crippen LogP contribution in [0.15, 0.2) is 24.3 Å². The molecule has 8 bridgehead atoms. The smallest absolute Gasteiger partial charge is 0.0450 e. The van der Waals surface area contributed by atoms with Crippen molar-refractivity contribution in [2.45, 2.75) is 113 Å². The second kappa shape index (κ2) is 8.21. The standard InChI is InChI=1S/C33H49N2P/c1-22-20-34(3)21-23(2)35(22)30-6-4-5-7-31(30)36(32-14-24-8-25(15-32)10-26(9-24)16-32)33-17-27-11-28(18-33)13-29(12-27)19-33/h4-7,22-29H,8-21H2,1-3H3. The van der Waals surface area contributed by atoms with Crippen molar-refractivity contribution < 1.29 is 0 Å². The van der Waals surface area contributed by atoms with Crippen LogP contribution in [0, 0.1) is 35.5 Å². The highest BCUT2D eigenvalue weighted by molar-refractivity contribution is 7.69. The summed E-state index contributed by atoms with van der Waals surface area (Å²) >= 11 is 0. The van der Waals surface area contributed by atoms with E-state index in [1.807, 2.05) is 5.30 Å². The molecule has 1 aliphatic heterocycles. The van der Waals surface area contributed by atoms with Gasteiger partial charge in [0.1, 0.15) is 0 Å². The summed E-state index contributed by atoms with van der Waals surface area (Å²) in [6.07, 6.45) is 19.0. The molecule has 0 N–H and O–H groups in total. The molecule has 2 unspecified atom stereocenters. The molecule has 8 saturated carbocycles. The first kappa shape index (κ1) is 23.3. The molecule has 0 amide bonds. The molecule has 9 aliphatic rings. The number of nitrogens with zero attached hydrogens (tertiary/aromatic N) is 2. The van der Waals surface area contributed by atoms with Crippen molar-refractivity contribution in [3.8, 4) is 0 Å².